The quantitative estimate of drug-likeness (QED) is 0.291. The summed E-state index contributed by atoms with van der Waals surface area (Å²) in [6.07, 6.45) is 2.15. The van der Waals surface area contributed by atoms with E-state index < -0.39 is 0 Å². The van der Waals surface area contributed by atoms with Gasteiger partial charge >= 0.3 is 0 Å². The van der Waals surface area contributed by atoms with Crippen molar-refractivity contribution in [3.8, 4) is 28.0 Å². The fourth-order valence-corrected chi connectivity index (χ4v) is 4.22. The molecule has 4 aromatic carbocycles. The minimum atomic E-state index is 0.559. The van der Waals surface area contributed by atoms with Crippen LogP contribution in [0.3, 0.4) is 0 Å². The molecule has 0 aliphatic heterocycles. The number of rotatable bonds is 7. The molecule has 4 rings (SSSR count). The summed E-state index contributed by atoms with van der Waals surface area (Å²) < 4.78 is 6.61. The van der Waals surface area contributed by atoms with Gasteiger partial charge in [-0.05, 0) is 66.6 Å². The van der Waals surface area contributed by atoms with Crippen LogP contribution in [0.5, 0.6) is 5.75 Å². The zero-order valence-corrected chi connectivity index (χ0v) is 19.6. The molecule has 0 bridgehead atoms. The highest BCUT2D eigenvalue weighted by Crippen LogP contribution is 2.44. The van der Waals surface area contributed by atoms with Crippen LogP contribution in [0, 0.1) is 20.8 Å². The second-order valence-corrected chi connectivity index (χ2v) is 8.67. The van der Waals surface area contributed by atoms with Crippen molar-refractivity contribution < 1.29 is 4.74 Å². The van der Waals surface area contributed by atoms with E-state index in [1.54, 1.807) is 0 Å². The van der Waals surface area contributed by atoms with Crippen molar-refractivity contribution in [1.82, 2.24) is 0 Å². The van der Waals surface area contributed by atoms with E-state index in [1.807, 2.05) is 6.07 Å². The van der Waals surface area contributed by atoms with Crippen LogP contribution in [0.1, 0.15) is 41.2 Å². The molecule has 0 N–H and O–H groups in total. The lowest BCUT2D eigenvalue weighted by atomic mass is 9.87. The third kappa shape index (κ3) is 4.78. The van der Waals surface area contributed by atoms with Crippen LogP contribution in [-0.2, 0) is 13.0 Å². The van der Waals surface area contributed by atoms with Gasteiger partial charge < -0.3 is 4.74 Å². The number of benzene rings is 4. The maximum Gasteiger partial charge on any atom is 0.131 e. The fraction of sp³-hybridized carbons (Fsp3) is 0.226. The molecule has 0 saturated heterocycles. The first-order chi connectivity index (χ1) is 15.6. The Hall–Kier alpha value is -3.32. The lowest BCUT2D eigenvalue weighted by Gasteiger charge is -2.22. The Morgan fingerprint density at radius 3 is 1.88 bits per heavy atom. The Kier molecular flexibility index (Phi) is 6.75. The molecule has 0 atom stereocenters. The van der Waals surface area contributed by atoms with Crippen molar-refractivity contribution in [2.45, 2.75) is 47.1 Å². The van der Waals surface area contributed by atoms with E-state index in [1.165, 1.54) is 50.1 Å². The minimum Gasteiger partial charge on any atom is -0.488 e. The molecule has 32 heavy (non-hydrogen) atoms. The van der Waals surface area contributed by atoms with E-state index in [4.69, 9.17) is 4.74 Å². The highest BCUT2D eigenvalue weighted by Gasteiger charge is 2.19. The van der Waals surface area contributed by atoms with Crippen molar-refractivity contribution in [1.29, 1.82) is 0 Å². The average molecular weight is 421 g/mol. The standard InChI is InChI=1S/C31H32O/c1-5-9-28-20-29(26-16-12-22(2)13-17-26)30(27-18-14-23(3)15-19-27)31(24(28)4)32-21-25-10-7-6-8-11-25/h6-8,10-20H,5,9,21H2,1-4H3. The largest absolute Gasteiger partial charge is 0.488 e. The normalized spacial score (nSPS) is 10.9. The summed E-state index contributed by atoms with van der Waals surface area (Å²) in [5.74, 6) is 0.999. The SMILES string of the molecule is CCCc1cc(-c2ccc(C)cc2)c(-c2ccc(C)cc2)c(OCc2ccccc2)c1C. The summed E-state index contributed by atoms with van der Waals surface area (Å²) in [5, 5.41) is 0. The zero-order chi connectivity index (χ0) is 22.5. The summed E-state index contributed by atoms with van der Waals surface area (Å²) in [7, 11) is 0. The molecule has 0 heterocycles. The van der Waals surface area contributed by atoms with Crippen LogP contribution in [0.2, 0.25) is 0 Å². The maximum atomic E-state index is 6.61. The van der Waals surface area contributed by atoms with Crippen LogP contribution in [0.25, 0.3) is 22.3 Å². The second-order valence-electron chi connectivity index (χ2n) is 8.67. The summed E-state index contributed by atoms with van der Waals surface area (Å²) >= 11 is 0. The minimum absolute atomic E-state index is 0.559. The molecule has 1 heteroatoms. The molecule has 0 spiro atoms. The van der Waals surface area contributed by atoms with E-state index in [0.29, 0.717) is 6.61 Å². The second kappa shape index (κ2) is 9.87. The van der Waals surface area contributed by atoms with E-state index in [0.717, 1.165) is 18.6 Å². The molecule has 0 aliphatic carbocycles. The van der Waals surface area contributed by atoms with Crippen LogP contribution >= 0.6 is 0 Å². The highest BCUT2D eigenvalue weighted by atomic mass is 16.5. The molecule has 0 saturated carbocycles. The topological polar surface area (TPSA) is 9.23 Å². The summed E-state index contributed by atoms with van der Waals surface area (Å²) in [6, 6.07) is 30.5. The lowest BCUT2D eigenvalue weighted by molar-refractivity contribution is 0.305. The molecular weight excluding hydrogens is 388 g/mol. The Morgan fingerprint density at radius 1 is 0.688 bits per heavy atom. The van der Waals surface area contributed by atoms with Gasteiger partial charge in [0, 0.05) is 5.56 Å². The molecule has 0 amide bonds. The van der Waals surface area contributed by atoms with Crippen LogP contribution < -0.4 is 4.74 Å². The highest BCUT2D eigenvalue weighted by molar-refractivity contribution is 5.89. The van der Waals surface area contributed by atoms with Gasteiger partial charge in [-0.15, -0.1) is 0 Å². The molecule has 0 unspecified atom stereocenters. The van der Waals surface area contributed by atoms with Crippen molar-refractivity contribution >= 4 is 0 Å². The molecule has 1 nitrogen and oxygen atoms in total. The molecule has 0 fully saturated rings. The van der Waals surface area contributed by atoms with Crippen molar-refractivity contribution in [2.24, 2.45) is 0 Å². The number of hydrogen-bond acceptors (Lipinski definition) is 1. The smallest absolute Gasteiger partial charge is 0.131 e. The van der Waals surface area contributed by atoms with Crippen LogP contribution in [-0.4, -0.2) is 0 Å². The molecule has 4 aromatic rings. The number of ether oxygens (including phenoxy) is 1. The van der Waals surface area contributed by atoms with Gasteiger partial charge in [0.1, 0.15) is 12.4 Å². The van der Waals surface area contributed by atoms with Gasteiger partial charge in [-0.2, -0.15) is 0 Å². The molecule has 162 valence electrons. The first-order valence-electron chi connectivity index (χ1n) is 11.5. The summed E-state index contributed by atoms with van der Waals surface area (Å²) in [5.41, 5.74) is 11.2. The maximum absolute atomic E-state index is 6.61. The van der Waals surface area contributed by atoms with Crippen molar-refractivity contribution in [2.75, 3.05) is 0 Å². The van der Waals surface area contributed by atoms with Gasteiger partial charge in [0.25, 0.3) is 0 Å². The van der Waals surface area contributed by atoms with E-state index >= 15 is 0 Å². The lowest BCUT2D eigenvalue weighted by Crippen LogP contribution is -2.03. The Labute approximate surface area is 192 Å². The first kappa shape index (κ1) is 21.9. The average Bonchev–Trinajstić information content (AvgIpc) is 2.81. The van der Waals surface area contributed by atoms with E-state index in [9.17, 15) is 0 Å². The third-order valence-corrected chi connectivity index (χ3v) is 6.09. The van der Waals surface area contributed by atoms with Gasteiger partial charge in [0.05, 0.1) is 0 Å². The van der Waals surface area contributed by atoms with Crippen molar-refractivity contribution in [3.05, 3.63) is 113 Å². The monoisotopic (exact) mass is 420 g/mol. The predicted molar refractivity (Wildman–Crippen MR) is 136 cm³/mol. The molecule has 0 aliphatic rings. The van der Waals surface area contributed by atoms with Crippen LogP contribution in [0.15, 0.2) is 84.9 Å². The van der Waals surface area contributed by atoms with E-state index in [2.05, 4.69) is 107 Å². The Balaban J connectivity index is 1.93. The van der Waals surface area contributed by atoms with Gasteiger partial charge in [0.2, 0.25) is 0 Å². The third-order valence-electron chi connectivity index (χ3n) is 6.09. The molecule has 0 aromatic heterocycles. The van der Waals surface area contributed by atoms with Gasteiger partial charge in [-0.25, -0.2) is 0 Å². The Bertz CT molecular complexity index is 1170. The van der Waals surface area contributed by atoms with E-state index in [-0.39, 0.29) is 0 Å². The number of aryl methyl sites for hydroxylation is 3. The Morgan fingerprint density at radius 2 is 1.28 bits per heavy atom. The van der Waals surface area contributed by atoms with Crippen molar-refractivity contribution in [3.63, 3.8) is 0 Å². The van der Waals surface area contributed by atoms with Gasteiger partial charge in [0.15, 0.2) is 0 Å². The van der Waals surface area contributed by atoms with Gasteiger partial charge in [-0.3, -0.25) is 0 Å². The predicted octanol–water partition coefficient (Wildman–Crippen LogP) is 8.48. The number of hydrogen-bond donors (Lipinski definition) is 0. The first-order valence-corrected chi connectivity index (χ1v) is 11.5. The molecular formula is C31H32O. The fourth-order valence-electron chi connectivity index (χ4n) is 4.22. The molecule has 0 radical (unpaired) electrons. The summed E-state index contributed by atoms with van der Waals surface area (Å²) in [4.78, 5) is 0. The summed E-state index contributed by atoms with van der Waals surface area (Å²) in [6.45, 7) is 9.28. The van der Waals surface area contributed by atoms with Crippen LogP contribution in [0.4, 0.5) is 0 Å². The van der Waals surface area contributed by atoms with Gasteiger partial charge in [-0.1, -0.05) is 103 Å². The zero-order valence-electron chi connectivity index (χ0n) is 19.6.